The molecule has 3 atom stereocenters. The molecule has 0 bridgehead atoms. The number of amides is 2. The van der Waals surface area contributed by atoms with Crippen LogP contribution in [-0.4, -0.2) is 17.7 Å². The lowest BCUT2D eigenvalue weighted by molar-refractivity contribution is 0.168. The van der Waals surface area contributed by atoms with E-state index in [-0.39, 0.29) is 24.2 Å². The Hall–Kier alpha value is -2.40. The van der Waals surface area contributed by atoms with Crippen LogP contribution in [0, 0.1) is 11.7 Å². The molecule has 3 N–H and O–H groups in total. The van der Waals surface area contributed by atoms with Crippen LogP contribution in [0.3, 0.4) is 0 Å². The average molecular weight is 328 g/mol. The van der Waals surface area contributed by atoms with Crippen molar-refractivity contribution in [1.29, 1.82) is 0 Å². The van der Waals surface area contributed by atoms with E-state index in [1.165, 1.54) is 17.7 Å². The molecule has 2 aromatic carbocycles. The van der Waals surface area contributed by atoms with Crippen LogP contribution in [0.25, 0.3) is 0 Å². The molecule has 0 aromatic heterocycles. The normalized spacial score (nSPS) is 20.3. The number of carbonyl (C=O) groups is 1. The Morgan fingerprint density at radius 1 is 1.25 bits per heavy atom. The number of benzene rings is 2. The highest BCUT2D eigenvalue weighted by Crippen LogP contribution is 2.35. The van der Waals surface area contributed by atoms with Crippen molar-refractivity contribution in [3.63, 3.8) is 0 Å². The highest BCUT2D eigenvalue weighted by atomic mass is 19.1. The van der Waals surface area contributed by atoms with Gasteiger partial charge in [0, 0.05) is 12.1 Å². The largest absolute Gasteiger partial charge is 0.386 e. The van der Waals surface area contributed by atoms with Crippen LogP contribution in [0.15, 0.2) is 48.5 Å². The van der Waals surface area contributed by atoms with E-state index in [2.05, 4.69) is 23.6 Å². The van der Waals surface area contributed by atoms with Crippen LogP contribution < -0.4 is 10.6 Å². The molecule has 3 rings (SSSR count). The van der Waals surface area contributed by atoms with Gasteiger partial charge in [0.25, 0.3) is 0 Å². The second-order valence-corrected chi connectivity index (χ2v) is 6.25. The van der Waals surface area contributed by atoms with E-state index in [0.29, 0.717) is 5.92 Å². The van der Waals surface area contributed by atoms with E-state index in [9.17, 15) is 14.3 Å². The zero-order valence-electron chi connectivity index (χ0n) is 13.5. The molecule has 0 saturated carbocycles. The molecule has 0 radical (unpaired) electrons. The predicted octanol–water partition coefficient (Wildman–Crippen LogP) is 3.09. The fourth-order valence-electron chi connectivity index (χ4n) is 3.25. The molecule has 0 saturated heterocycles. The van der Waals surface area contributed by atoms with E-state index in [1.807, 2.05) is 18.2 Å². The lowest BCUT2D eigenvalue weighted by atomic mass is 10.0. The van der Waals surface area contributed by atoms with Crippen molar-refractivity contribution in [2.75, 3.05) is 6.54 Å². The fourth-order valence-corrected chi connectivity index (χ4v) is 3.25. The minimum atomic E-state index is -1.08. The minimum absolute atomic E-state index is 0.0461. The van der Waals surface area contributed by atoms with E-state index in [4.69, 9.17) is 0 Å². The Bertz CT molecular complexity index is 735. The lowest BCUT2D eigenvalue weighted by Gasteiger charge is -2.20. The number of urea groups is 1. The number of carbonyl (C=O) groups excluding carboxylic acids is 1. The molecule has 126 valence electrons. The van der Waals surface area contributed by atoms with Gasteiger partial charge in [-0.2, -0.15) is 0 Å². The van der Waals surface area contributed by atoms with Gasteiger partial charge in [0.05, 0.1) is 12.1 Å². The summed E-state index contributed by atoms with van der Waals surface area (Å²) in [5.41, 5.74) is 2.56. The third-order valence-corrected chi connectivity index (χ3v) is 4.51. The molecule has 4 nitrogen and oxygen atoms in total. The number of nitrogens with one attached hydrogen (secondary N) is 2. The maximum atomic E-state index is 13.6. The second-order valence-electron chi connectivity index (χ2n) is 6.25. The van der Waals surface area contributed by atoms with Crippen molar-refractivity contribution in [2.24, 2.45) is 5.92 Å². The first-order chi connectivity index (χ1) is 11.6. The Morgan fingerprint density at radius 2 is 1.96 bits per heavy atom. The van der Waals surface area contributed by atoms with E-state index in [0.717, 1.165) is 12.0 Å². The molecular weight excluding hydrogens is 307 g/mol. The van der Waals surface area contributed by atoms with Gasteiger partial charge in [-0.25, -0.2) is 9.18 Å². The second kappa shape index (κ2) is 7.01. The van der Waals surface area contributed by atoms with Gasteiger partial charge >= 0.3 is 6.03 Å². The van der Waals surface area contributed by atoms with Gasteiger partial charge in [0.15, 0.2) is 0 Å². The molecule has 0 heterocycles. The van der Waals surface area contributed by atoms with Crippen LogP contribution in [0.5, 0.6) is 0 Å². The number of aliphatic hydroxyl groups excluding tert-OH is 1. The number of aliphatic hydroxyl groups is 1. The van der Waals surface area contributed by atoms with E-state index in [1.54, 1.807) is 12.1 Å². The van der Waals surface area contributed by atoms with Gasteiger partial charge in [-0.3, -0.25) is 0 Å². The van der Waals surface area contributed by atoms with Gasteiger partial charge in [-0.15, -0.1) is 0 Å². The summed E-state index contributed by atoms with van der Waals surface area (Å²) >= 11 is 0. The van der Waals surface area contributed by atoms with Crippen molar-refractivity contribution in [2.45, 2.75) is 25.5 Å². The smallest absolute Gasteiger partial charge is 0.315 e. The lowest BCUT2D eigenvalue weighted by Crippen LogP contribution is -2.40. The van der Waals surface area contributed by atoms with Crippen LogP contribution in [0.1, 0.15) is 35.8 Å². The van der Waals surface area contributed by atoms with Gasteiger partial charge in [0.2, 0.25) is 0 Å². The summed E-state index contributed by atoms with van der Waals surface area (Å²) in [6.45, 7) is 2.05. The molecule has 1 aliphatic rings. The molecule has 1 aliphatic carbocycles. The highest BCUT2D eigenvalue weighted by molar-refractivity contribution is 5.74. The van der Waals surface area contributed by atoms with Crippen molar-refractivity contribution < 1.29 is 14.3 Å². The highest BCUT2D eigenvalue weighted by Gasteiger charge is 2.30. The van der Waals surface area contributed by atoms with E-state index >= 15 is 0 Å². The molecule has 0 spiro atoms. The molecule has 24 heavy (non-hydrogen) atoms. The maximum Gasteiger partial charge on any atom is 0.315 e. The zero-order valence-corrected chi connectivity index (χ0v) is 13.5. The summed E-state index contributed by atoms with van der Waals surface area (Å²) in [6.07, 6.45) is -0.149. The van der Waals surface area contributed by atoms with Crippen LogP contribution in [0.2, 0.25) is 0 Å². The molecule has 5 heteroatoms. The first-order valence-electron chi connectivity index (χ1n) is 8.11. The summed E-state index contributed by atoms with van der Waals surface area (Å²) in [5, 5.41) is 15.6. The number of halogens is 1. The summed E-state index contributed by atoms with van der Waals surface area (Å²) in [7, 11) is 0. The molecule has 0 aliphatic heterocycles. The Kier molecular flexibility index (Phi) is 4.81. The average Bonchev–Trinajstić information content (AvgIpc) is 2.89. The maximum absolute atomic E-state index is 13.6. The standard InChI is InChI=1S/C19H21FN2O2/c1-12-10-13-6-2-3-7-14(13)18(12)22-19(24)21-11-17(23)15-8-4-5-9-16(15)20/h2-9,12,17-18,23H,10-11H2,1H3,(H2,21,22,24). The van der Waals surface area contributed by atoms with Gasteiger partial charge in [-0.05, 0) is 29.5 Å². The number of hydrogen-bond donors (Lipinski definition) is 3. The molecule has 2 aromatic rings. The van der Waals surface area contributed by atoms with Gasteiger partial charge < -0.3 is 15.7 Å². The first-order valence-corrected chi connectivity index (χ1v) is 8.11. The molecule has 2 amide bonds. The molecule has 0 fully saturated rings. The van der Waals surface area contributed by atoms with Crippen molar-refractivity contribution >= 4 is 6.03 Å². The van der Waals surface area contributed by atoms with Crippen LogP contribution in [0.4, 0.5) is 9.18 Å². The summed E-state index contributed by atoms with van der Waals surface area (Å²) in [4.78, 5) is 12.1. The minimum Gasteiger partial charge on any atom is -0.386 e. The zero-order chi connectivity index (χ0) is 17.1. The first kappa shape index (κ1) is 16.5. The van der Waals surface area contributed by atoms with E-state index < -0.39 is 11.9 Å². The van der Waals surface area contributed by atoms with Gasteiger partial charge in [-0.1, -0.05) is 49.4 Å². The third kappa shape index (κ3) is 3.41. The summed E-state index contributed by atoms with van der Waals surface area (Å²) in [6, 6.07) is 13.7. The SMILES string of the molecule is CC1Cc2ccccc2C1NC(=O)NCC(O)c1ccccc1F. The molecular formula is C19H21FN2O2. The van der Waals surface area contributed by atoms with Crippen molar-refractivity contribution in [3.05, 3.63) is 71.0 Å². The quantitative estimate of drug-likeness (QED) is 0.808. The predicted molar refractivity (Wildman–Crippen MR) is 89.9 cm³/mol. The van der Waals surface area contributed by atoms with Crippen LogP contribution >= 0.6 is 0 Å². The number of rotatable bonds is 4. The Balaban J connectivity index is 1.58. The Labute approximate surface area is 140 Å². The number of fused-ring (bicyclic) bond motifs is 1. The van der Waals surface area contributed by atoms with Gasteiger partial charge in [0.1, 0.15) is 5.82 Å². The monoisotopic (exact) mass is 328 g/mol. The van der Waals surface area contributed by atoms with Crippen LogP contribution in [-0.2, 0) is 6.42 Å². The topological polar surface area (TPSA) is 61.4 Å². The van der Waals surface area contributed by atoms with Crippen molar-refractivity contribution in [3.8, 4) is 0 Å². The fraction of sp³-hybridized carbons (Fsp3) is 0.316. The Morgan fingerprint density at radius 3 is 2.75 bits per heavy atom. The summed E-state index contributed by atoms with van der Waals surface area (Å²) < 4.78 is 13.6. The molecule has 3 unspecified atom stereocenters. The van der Waals surface area contributed by atoms with Crippen molar-refractivity contribution in [1.82, 2.24) is 10.6 Å². The third-order valence-electron chi connectivity index (χ3n) is 4.51. The summed E-state index contributed by atoms with van der Waals surface area (Å²) in [5.74, 6) is -0.171. The number of hydrogen-bond acceptors (Lipinski definition) is 2.